The van der Waals surface area contributed by atoms with Gasteiger partial charge in [-0.05, 0) is 24.1 Å². The Bertz CT molecular complexity index is 508. The third-order valence-corrected chi connectivity index (χ3v) is 2.84. The number of aryl methyl sites for hydroxylation is 1. The molecule has 0 unspecified atom stereocenters. The molecule has 1 N–H and O–H groups in total. The molecule has 5 nitrogen and oxygen atoms in total. The van der Waals surface area contributed by atoms with E-state index in [2.05, 4.69) is 10.1 Å². The van der Waals surface area contributed by atoms with Gasteiger partial charge < -0.3 is 14.4 Å². The van der Waals surface area contributed by atoms with Gasteiger partial charge in [0.15, 0.2) is 12.4 Å². The van der Waals surface area contributed by atoms with Crippen molar-refractivity contribution >= 4 is 0 Å². The number of ether oxygens (including phenoxy) is 1. The smallest absolute Gasteiger partial charge is 0.264 e. The zero-order valence-electron chi connectivity index (χ0n) is 11.2. The average Bonchev–Trinajstić information content (AvgIpc) is 2.93. The second-order valence-corrected chi connectivity index (χ2v) is 4.24. The SMILES string of the molecule is CCc1noc(COc2ccc([C@H](O)CC)cc2)n1. The molecule has 102 valence electrons. The summed E-state index contributed by atoms with van der Waals surface area (Å²) in [6, 6.07) is 7.36. The summed E-state index contributed by atoms with van der Waals surface area (Å²) in [5, 5.41) is 13.5. The number of aliphatic hydroxyl groups is 1. The zero-order chi connectivity index (χ0) is 13.7. The van der Waals surface area contributed by atoms with Crippen molar-refractivity contribution in [2.24, 2.45) is 0 Å². The highest BCUT2D eigenvalue weighted by atomic mass is 16.5. The molecule has 19 heavy (non-hydrogen) atoms. The minimum Gasteiger partial charge on any atom is -0.484 e. The second-order valence-electron chi connectivity index (χ2n) is 4.24. The summed E-state index contributed by atoms with van der Waals surface area (Å²) in [6.07, 6.45) is 1.02. The van der Waals surface area contributed by atoms with Gasteiger partial charge in [-0.1, -0.05) is 31.1 Å². The van der Waals surface area contributed by atoms with Crippen LogP contribution in [0.15, 0.2) is 28.8 Å². The fraction of sp³-hybridized carbons (Fsp3) is 0.429. The minimum absolute atomic E-state index is 0.253. The van der Waals surface area contributed by atoms with E-state index in [9.17, 15) is 5.11 Å². The summed E-state index contributed by atoms with van der Waals surface area (Å²) in [5.74, 6) is 1.86. The van der Waals surface area contributed by atoms with Crippen LogP contribution in [0.5, 0.6) is 5.75 Å². The summed E-state index contributed by atoms with van der Waals surface area (Å²) in [7, 11) is 0. The number of hydrogen-bond acceptors (Lipinski definition) is 5. The third kappa shape index (κ3) is 3.54. The lowest BCUT2D eigenvalue weighted by atomic mass is 10.1. The monoisotopic (exact) mass is 262 g/mol. The van der Waals surface area contributed by atoms with Gasteiger partial charge in [0.1, 0.15) is 5.75 Å². The Morgan fingerprint density at radius 2 is 2.00 bits per heavy atom. The molecule has 0 radical (unpaired) electrons. The molecule has 1 aromatic heterocycles. The van der Waals surface area contributed by atoms with Gasteiger partial charge in [-0.15, -0.1) is 0 Å². The standard InChI is InChI=1S/C14H18N2O3/c1-3-12(17)10-5-7-11(8-6-10)18-9-14-15-13(4-2)16-19-14/h5-8,12,17H,3-4,9H2,1-2H3/t12-/m1/s1. The fourth-order valence-corrected chi connectivity index (χ4v) is 1.66. The van der Waals surface area contributed by atoms with Crippen molar-refractivity contribution in [3.05, 3.63) is 41.5 Å². The van der Waals surface area contributed by atoms with Crippen molar-refractivity contribution in [3.8, 4) is 5.75 Å². The largest absolute Gasteiger partial charge is 0.484 e. The number of benzene rings is 1. The molecular weight excluding hydrogens is 244 g/mol. The average molecular weight is 262 g/mol. The zero-order valence-corrected chi connectivity index (χ0v) is 11.2. The summed E-state index contributed by atoms with van der Waals surface area (Å²) in [5.41, 5.74) is 0.890. The normalized spacial score (nSPS) is 12.4. The first-order valence-corrected chi connectivity index (χ1v) is 6.45. The molecule has 0 bridgehead atoms. The van der Waals surface area contributed by atoms with Gasteiger partial charge in [-0.25, -0.2) is 0 Å². The fourth-order valence-electron chi connectivity index (χ4n) is 1.66. The van der Waals surface area contributed by atoms with Crippen LogP contribution in [-0.2, 0) is 13.0 Å². The maximum absolute atomic E-state index is 9.68. The van der Waals surface area contributed by atoms with Crippen molar-refractivity contribution in [2.45, 2.75) is 39.4 Å². The van der Waals surface area contributed by atoms with Crippen molar-refractivity contribution in [1.29, 1.82) is 0 Å². The summed E-state index contributed by atoms with van der Waals surface area (Å²) < 4.78 is 10.6. The lowest BCUT2D eigenvalue weighted by molar-refractivity contribution is 0.173. The topological polar surface area (TPSA) is 68.4 Å². The van der Waals surface area contributed by atoms with Crippen molar-refractivity contribution in [1.82, 2.24) is 10.1 Å². The Kier molecular flexibility index (Phi) is 4.52. The molecule has 2 rings (SSSR count). The Morgan fingerprint density at radius 3 is 2.58 bits per heavy atom. The molecule has 1 atom stereocenters. The summed E-state index contributed by atoms with van der Waals surface area (Å²) in [4.78, 5) is 4.16. The molecule has 0 amide bonds. The van der Waals surface area contributed by atoms with Crippen molar-refractivity contribution in [2.75, 3.05) is 0 Å². The van der Waals surface area contributed by atoms with Gasteiger partial charge in [-0.2, -0.15) is 4.98 Å². The maximum atomic E-state index is 9.68. The first-order chi connectivity index (χ1) is 9.22. The van der Waals surface area contributed by atoms with Gasteiger partial charge in [-0.3, -0.25) is 0 Å². The molecular formula is C14H18N2O3. The summed E-state index contributed by atoms with van der Waals surface area (Å²) in [6.45, 7) is 4.16. The van der Waals surface area contributed by atoms with Crippen LogP contribution in [0.3, 0.4) is 0 Å². The predicted octanol–water partition coefficient (Wildman–Crippen LogP) is 2.65. The van der Waals surface area contributed by atoms with Gasteiger partial charge in [0.2, 0.25) is 0 Å². The molecule has 0 aliphatic carbocycles. The minimum atomic E-state index is -0.419. The van der Waals surface area contributed by atoms with E-state index in [1.807, 2.05) is 38.1 Å². The van der Waals surface area contributed by atoms with Crippen LogP contribution in [0.2, 0.25) is 0 Å². The molecule has 0 saturated heterocycles. The Balaban J connectivity index is 1.92. The van der Waals surface area contributed by atoms with Crippen LogP contribution < -0.4 is 4.74 Å². The molecule has 0 fully saturated rings. The van der Waals surface area contributed by atoms with E-state index < -0.39 is 6.10 Å². The lowest BCUT2D eigenvalue weighted by Crippen LogP contribution is -1.98. The first-order valence-electron chi connectivity index (χ1n) is 6.45. The van der Waals surface area contributed by atoms with Crippen LogP contribution in [0, 0.1) is 0 Å². The lowest BCUT2D eigenvalue weighted by Gasteiger charge is -2.09. The summed E-state index contributed by atoms with van der Waals surface area (Å²) >= 11 is 0. The van der Waals surface area contributed by atoms with E-state index in [-0.39, 0.29) is 6.61 Å². The second kappa shape index (κ2) is 6.33. The van der Waals surface area contributed by atoms with Gasteiger partial charge in [0.05, 0.1) is 6.10 Å². The molecule has 0 spiro atoms. The van der Waals surface area contributed by atoms with E-state index in [4.69, 9.17) is 9.26 Å². The van der Waals surface area contributed by atoms with Crippen LogP contribution in [0.25, 0.3) is 0 Å². The Labute approximate surface area is 112 Å². The van der Waals surface area contributed by atoms with Gasteiger partial charge >= 0.3 is 0 Å². The van der Waals surface area contributed by atoms with Gasteiger partial charge in [0, 0.05) is 6.42 Å². The molecule has 1 aromatic carbocycles. The molecule has 5 heteroatoms. The molecule has 2 aromatic rings. The number of nitrogens with zero attached hydrogens (tertiary/aromatic N) is 2. The van der Waals surface area contributed by atoms with Gasteiger partial charge in [0.25, 0.3) is 5.89 Å². The number of aliphatic hydroxyl groups excluding tert-OH is 1. The third-order valence-electron chi connectivity index (χ3n) is 2.84. The first kappa shape index (κ1) is 13.5. The number of rotatable bonds is 6. The van der Waals surface area contributed by atoms with E-state index in [0.717, 1.165) is 12.0 Å². The van der Waals surface area contributed by atoms with E-state index in [0.29, 0.717) is 23.9 Å². The van der Waals surface area contributed by atoms with Crippen LogP contribution in [0.4, 0.5) is 0 Å². The van der Waals surface area contributed by atoms with E-state index in [1.165, 1.54) is 0 Å². The van der Waals surface area contributed by atoms with Crippen LogP contribution in [0.1, 0.15) is 43.7 Å². The predicted molar refractivity (Wildman–Crippen MR) is 69.7 cm³/mol. The highest BCUT2D eigenvalue weighted by Crippen LogP contribution is 2.20. The number of aromatic nitrogens is 2. The highest BCUT2D eigenvalue weighted by Gasteiger charge is 2.07. The van der Waals surface area contributed by atoms with Crippen molar-refractivity contribution < 1.29 is 14.4 Å². The van der Waals surface area contributed by atoms with E-state index >= 15 is 0 Å². The number of hydrogen-bond donors (Lipinski definition) is 1. The van der Waals surface area contributed by atoms with Crippen LogP contribution >= 0.6 is 0 Å². The Hall–Kier alpha value is -1.88. The van der Waals surface area contributed by atoms with Crippen molar-refractivity contribution in [3.63, 3.8) is 0 Å². The quantitative estimate of drug-likeness (QED) is 0.866. The molecule has 1 heterocycles. The molecule has 0 aliphatic heterocycles. The maximum Gasteiger partial charge on any atom is 0.264 e. The van der Waals surface area contributed by atoms with E-state index in [1.54, 1.807) is 0 Å². The Morgan fingerprint density at radius 1 is 1.26 bits per heavy atom. The van der Waals surface area contributed by atoms with Crippen LogP contribution in [-0.4, -0.2) is 15.2 Å². The highest BCUT2D eigenvalue weighted by molar-refractivity contribution is 5.28. The molecule has 0 saturated carbocycles. The molecule has 0 aliphatic rings.